The normalized spacial score (nSPS) is 29.3. The highest BCUT2D eigenvalue weighted by Crippen LogP contribution is 2.41. The average molecular weight is 259 g/mol. The molecule has 1 heterocycles. The average Bonchev–Trinajstić information content (AvgIpc) is 2.27. The molecule has 5 heteroatoms. The Labute approximate surface area is 104 Å². The van der Waals surface area contributed by atoms with Crippen LogP contribution < -0.4 is 5.73 Å². The summed E-state index contributed by atoms with van der Waals surface area (Å²) in [7, 11) is 0. The lowest BCUT2D eigenvalue weighted by atomic mass is 9.83. The van der Waals surface area contributed by atoms with Crippen molar-refractivity contribution in [3.8, 4) is 0 Å². The van der Waals surface area contributed by atoms with Crippen LogP contribution in [0.5, 0.6) is 0 Å². The van der Waals surface area contributed by atoms with E-state index in [0.717, 1.165) is 6.07 Å². The minimum atomic E-state index is -4.37. The van der Waals surface area contributed by atoms with Crippen LogP contribution in [0.25, 0.3) is 0 Å². The molecule has 0 saturated carbocycles. The summed E-state index contributed by atoms with van der Waals surface area (Å²) in [5, 5.41) is 0. The van der Waals surface area contributed by atoms with Crippen LogP contribution in [0, 0.1) is 0 Å². The van der Waals surface area contributed by atoms with Gasteiger partial charge in [0.2, 0.25) is 0 Å². The Balaban J connectivity index is 2.44. The topological polar surface area (TPSA) is 35.2 Å². The molecule has 0 aliphatic carbocycles. The van der Waals surface area contributed by atoms with Crippen molar-refractivity contribution in [2.45, 2.75) is 37.6 Å². The Bertz CT molecular complexity index is 432. The summed E-state index contributed by atoms with van der Waals surface area (Å²) >= 11 is 0. The number of alkyl halides is 3. The lowest BCUT2D eigenvalue weighted by Gasteiger charge is -2.38. The van der Waals surface area contributed by atoms with E-state index < -0.39 is 17.3 Å². The van der Waals surface area contributed by atoms with E-state index in [2.05, 4.69) is 0 Å². The second kappa shape index (κ2) is 4.55. The Hall–Kier alpha value is -1.07. The molecular formula is C13H16F3NO. The Morgan fingerprint density at radius 2 is 2.00 bits per heavy atom. The van der Waals surface area contributed by atoms with E-state index in [1.807, 2.05) is 0 Å². The lowest BCUT2D eigenvalue weighted by Crippen LogP contribution is -2.42. The van der Waals surface area contributed by atoms with Gasteiger partial charge in [0.1, 0.15) is 0 Å². The van der Waals surface area contributed by atoms with Gasteiger partial charge in [-0.2, -0.15) is 13.2 Å². The summed E-state index contributed by atoms with van der Waals surface area (Å²) in [5.74, 6) is 0. The fourth-order valence-electron chi connectivity index (χ4n) is 2.48. The molecule has 18 heavy (non-hydrogen) atoms. The molecule has 1 saturated heterocycles. The molecule has 0 bridgehead atoms. The predicted molar refractivity (Wildman–Crippen MR) is 62.0 cm³/mol. The molecule has 0 spiro atoms. The van der Waals surface area contributed by atoms with Crippen LogP contribution in [0.4, 0.5) is 13.2 Å². The Morgan fingerprint density at radius 1 is 1.33 bits per heavy atom. The molecule has 2 rings (SSSR count). The van der Waals surface area contributed by atoms with Gasteiger partial charge in [-0.15, -0.1) is 0 Å². The van der Waals surface area contributed by atoms with E-state index in [-0.39, 0.29) is 11.6 Å². The van der Waals surface area contributed by atoms with Crippen molar-refractivity contribution in [2.24, 2.45) is 5.73 Å². The van der Waals surface area contributed by atoms with Gasteiger partial charge in [-0.05, 0) is 31.4 Å². The molecule has 0 amide bonds. The van der Waals surface area contributed by atoms with Gasteiger partial charge in [-0.25, -0.2) is 0 Å². The van der Waals surface area contributed by atoms with E-state index in [4.69, 9.17) is 10.5 Å². The van der Waals surface area contributed by atoms with Crippen LogP contribution in [-0.4, -0.2) is 12.6 Å². The van der Waals surface area contributed by atoms with Crippen molar-refractivity contribution >= 4 is 0 Å². The SMILES string of the molecule is CC1(c2ccccc2C(F)(F)F)CC(N)CCO1. The first-order chi connectivity index (χ1) is 8.33. The standard InChI is InChI=1S/C13H16F3NO/c1-12(8-9(17)6-7-18-12)10-4-2-3-5-11(10)13(14,15)16/h2-5,9H,6-8,17H2,1H3. The Morgan fingerprint density at radius 3 is 2.61 bits per heavy atom. The maximum absolute atomic E-state index is 13.0. The zero-order valence-corrected chi connectivity index (χ0v) is 10.1. The Kier molecular flexibility index (Phi) is 3.38. The first-order valence-electron chi connectivity index (χ1n) is 5.89. The van der Waals surface area contributed by atoms with Gasteiger partial charge in [-0.3, -0.25) is 0 Å². The molecule has 2 unspecified atom stereocenters. The van der Waals surface area contributed by atoms with Crippen molar-refractivity contribution in [3.05, 3.63) is 35.4 Å². The molecule has 1 aromatic rings. The fraction of sp³-hybridized carbons (Fsp3) is 0.538. The van der Waals surface area contributed by atoms with Gasteiger partial charge >= 0.3 is 6.18 Å². The first-order valence-corrected chi connectivity index (χ1v) is 5.89. The van der Waals surface area contributed by atoms with Crippen molar-refractivity contribution in [3.63, 3.8) is 0 Å². The van der Waals surface area contributed by atoms with Gasteiger partial charge in [0.15, 0.2) is 0 Å². The van der Waals surface area contributed by atoms with Crippen LogP contribution in [-0.2, 0) is 16.5 Å². The zero-order valence-electron chi connectivity index (χ0n) is 10.1. The number of halogens is 3. The minimum Gasteiger partial charge on any atom is -0.370 e. The van der Waals surface area contributed by atoms with E-state index in [1.165, 1.54) is 12.1 Å². The monoisotopic (exact) mass is 259 g/mol. The molecule has 2 nitrogen and oxygen atoms in total. The third-order valence-corrected chi connectivity index (χ3v) is 3.36. The summed E-state index contributed by atoms with van der Waals surface area (Å²) < 4.78 is 44.5. The van der Waals surface area contributed by atoms with E-state index in [9.17, 15) is 13.2 Å². The second-order valence-corrected chi connectivity index (χ2v) is 4.88. The predicted octanol–water partition coefficient (Wildman–Crippen LogP) is 3.06. The summed E-state index contributed by atoms with van der Waals surface area (Å²) in [5.41, 5.74) is 4.43. The van der Waals surface area contributed by atoms with E-state index in [0.29, 0.717) is 19.4 Å². The number of hydrogen-bond donors (Lipinski definition) is 1. The number of rotatable bonds is 1. The van der Waals surface area contributed by atoms with E-state index >= 15 is 0 Å². The third-order valence-electron chi connectivity index (χ3n) is 3.36. The van der Waals surface area contributed by atoms with Gasteiger partial charge in [0.25, 0.3) is 0 Å². The minimum absolute atomic E-state index is 0.120. The number of ether oxygens (including phenoxy) is 1. The number of hydrogen-bond acceptors (Lipinski definition) is 2. The molecular weight excluding hydrogens is 243 g/mol. The van der Waals surface area contributed by atoms with Crippen molar-refractivity contribution < 1.29 is 17.9 Å². The number of benzene rings is 1. The molecule has 0 radical (unpaired) electrons. The molecule has 1 aliphatic rings. The largest absolute Gasteiger partial charge is 0.416 e. The first kappa shape index (κ1) is 13.4. The highest BCUT2D eigenvalue weighted by Gasteiger charge is 2.41. The third kappa shape index (κ3) is 2.52. The fourth-order valence-corrected chi connectivity index (χ4v) is 2.48. The highest BCUT2D eigenvalue weighted by molar-refractivity contribution is 5.34. The summed E-state index contributed by atoms with van der Waals surface area (Å²) in [6.07, 6.45) is -3.28. The zero-order chi connectivity index (χ0) is 13.4. The molecule has 100 valence electrons. The smallest absolute Gasteiger partial charge is 0.370 e. The van der Waals surface area contributed by atoms with Crippen molar-refractivity contribution in [2.75, 3.05) is 6.61 Å². The molecule has 2 atom stereocenters. The van der Waals surface area contributed by atoms with Crippen molar-refractivity contribution in [1.82, 2.24) is 0 Å². The maximum Gasteiger partial charge on any atom is 0.416 e. The van der Waals surface area contributed by atoms with Gasteiger partial charge < -0.3 is 10.5 Å². The molecule has 0 aromatic heterocycles. The van der Waals surface area contributed by atoms with Gasteiger partial charge in [0, 0.05) is 12.6 Å². The van der Waals surface area contributed by atoms with E-state index in [1.54, 1.807) is 13.0 Å². The van der Waals surface area contributed by atoms with Crippen LogP contribution in [0.3, 0.4) is 0 Å². The molecule has 2 N–H and O–H groups in total. The molecule has 1 aromatic carbocycles. The van der Waals surface area contributed by atoms with Gasteiger partial charge in [0.05, 0.1) is 11.2 Å². The van der Waals surface area contributed by atoms with Crippen LogP contribution in [0.15, 0.2) is 24.3 Å². The quantitative estimate of drug-likeness (QED) is 0.841. The number of nitrogens with two attached hydrogens (primary N) is 1. The summed E-state index contributed by atoms with van der Waals surface area (Å²) in [6.45, 7) is 2.07. The molecule has 1 aliphatic heterocycles. The lowest BCUT2D eigenvalue weighted by molar-refractivity contribution is -0.144. The van der Waals surface area contributed by atoms with Gasteiger partial charge in [-0.1, -0.05) is 18.2 Å². The summed E-state index contributed by atoms with van der Waals surface area (Å²) in [4.78, 5) is 0. The molecule has 1 fully saturated rings. The summed E-state index contributed by atoms with van der Waals surface area (Å²) in [6, 6.07) is 5.42. The maximum atomic E-state index is 13.0. The highest BCUT2D eigenvalue weighted by atomic mass is 19.4. The van der Waals surface area contributed by atoms with Crippen LogP contribution in [0.1, 0.15) is 30.9 Å². The van der Waals surface area contributed by atoms with Crippen molar-refractivity contribution in [1.29, 1.82) is 0 Å². The van der Waals surface area contributed by atoms with Crippen LogP contribution in [0.2, 0.25) is 0 Å². The van der Waals surface area contributed by atoms with Crippen LogP contribution >= 0.6 is 0 Å². The second-order valence-electron chi connectivity index (χ2n) is 4.88.